The van der Waals surface area contributed by atoms with Crippen LogP contribution >= 0.6 is 0 Å². The van der Waals surface area contributed by atoms with Crippen molar-refractivity contribution in [1.82, 2.24) is 9.80 Å². The highest BCUT2D eigenvalue weighted by atomic mass is 16.5. The van der Waals surface area contributed by atoms with E-state index in [0.29, 0.717) is 6.54 Å². The lowest BCUT2D eigenvalue weighted by atomic mass is 10.2. The molecule has 0 radical (unpaired) electrons. The molecule has 1 amide bonds. The van der Waals surface area contributed by atoms with Gasteiger partial charge in [0, 0.05) is 38.4 Å². The third kappa shape index (κ3) is 5.23. The van der Waals surface area contributed by atoms with Gasteiger partial charge in [-0.2, -0.15) is 0 Å². The van der Waals surface area contributed by atoms with E-state index in [4.69, 9.17) is 4.74 Å². The number of carbonyl (C=O) groups is 1. The molecule has 1 fully saturated rings. The molecule has 0 aromatic heterocycles. The zero-order chi connectivity index (χ0) is 19.2. The van der Waals surface area contributed by atoms with Crippen molar-refractivity contribution >= 4 is 11.6 Å². The molecule has 27 heavy (non-hydrogen) atoms. The van der Waals surface area contributed by atoms with Crippen LogP contribution in [0.25, 0.3) is 0 Å². The molecule has 1 aliphatic rings. The molecular formula is C22H29N3O2. The second kappa shape index (κ2) is 8.91. The lowest BCUT2D eigenvalue weighted by molar-refractivity contribution is -0.132. The van der Waals surface area contributed by atoms with E-state index in [9.17, 15) is 4.79 Å². The quantitative estimate of drug-likeness (QED) is 0.787. The number of aryl methyl sites for hydroxylation is 1. The largest absolute Gasteiger partial charge is 0.497 e. The Kier molecular flexibility index (Phi) is 6.35. The first-order valence-electron chi connectivity index (χ1n) is 9.46. The zero-order valence-corrected chi connectivity index (χ0v) is 16.5. The molecule has 144 valence electrons. The number of amides is 1. The fraction of sp³-hybridized carbons (Fsp3) is 0.409. The normalized spacial score (nSPS) is 14.5. The summed E-state index contributed by atoms with van der Waals surface area (Å²) < 4.78 is 5.19. The minimum absolute atomic E-state index is 0.204. The average Bonchev–Trinajstić information content (AvgIpc) is 2.68. The van der Waals surface area contributed by atoms with E-state index >= 15 is 0 Å². The van der Waals surface area contributed by atoms with Crippen molar-refractivity contribution in [3.63, 3.8) is 0 Å². The number of benzene rings is 2. The molecule has 0 saturated carbocycles. The van der Waals surface area contributed by atoms with Gasteiger partial charge in [0.05, 0.1) is 13.7 Å². The van der Waals surface area contributed by atoms with E-state index in [0.717, 1.165) is 38.5 Å². The number of rotatable bonds is 6. The smallest absolute Gasteiger partial charge is 0.236 e. The topological polar surface area (TPSA) is 36.0 Å². The fourth-order valence-corrected chi connectivity index (χ4v) is 3.47. The van der Waals surface area contributed by atoms with Crippen LogP contribution in [0.4, 0.5) is 5.69 Å². The van der Waals surface area contributed by atoms with E-state index in [1.54, 1.807) is 7.11 Å². The average molecular weight is 367 g/mol. The zero-order valence-electron chi connectivity index (χ0n) is 16.5. The third-order valence-electron chi connectivity index (χ3n) is 5.02. The number of hydrogen-bond acceptors (Lipinski definition) is 4. The molecule has 0 aliphatic carbocycles. The first-order valence-corrected chi connectivity index (χ1v) is 9.46. The Hall–Kier alpha value is -2.53. The van der Waals surface area contributed by atoms with Crippen LogP contribution in [0, 0.1) is 6.92 Å². The van der Waals surface area contributed by atoms with Crippen molar-refractivity contribution in [2.75, 3.05) is 51.8 Å². The maximum Gasteiger partial charge on any atom is 0.236 e. The molecule has 0 unspecified atom stereocenters. The van der Waals surface area contributed by atoms with Crippen molar-refractivity contribution in [3.05, 3.63) is 59.7 Å². The van der Waals surface area contributed by atoms with Gasteiger partial charge in [0.15, 0.2) is 0 Å². The van der Waals surface area contributed by atoms with Gasteiger partial charge in [-0.3, -0.25) is 9.69 Å². The molecule has 0 bridgehead atoms. The molecule has 0 spiro atoms. The summed E-state index contributed by atoms with van der Waals surface area (Å²) in [7, 11) is 3.66. The first-order chi connectivity index (χ1) is 13.0. The lowest BCUT2D eigenvalue weighted by Crippen LogP contribution is -2.51. The van der Waals surface area contributed by atoms with Crippen LogP contribution in [0.2, 0.25) is 0 Å². The Bertz CT molecular complexity index is 752. The molecule has 3 rings (SSSR count). The van der Waals surface area contributed by atoms with Crippen LogP contribution in [0.1, 0.15) is 11.1 Å². The highest BCUT2D eigenvalue weighted by Crippen LogP contribution is 2.18. The molecular weight excluding hydrogens is 338 g/mol. The molecule has 5 nitrogen and oxygen atoms in total. The number of methoxy groups -OCH3 is 1. The van der Waals surface area contributed by atoms with Gasteiger partial charge >= 0.3 is 0 Å². The highest BCUT2D eigenvalue weighted by molar-refractivity contribution is 5.78. The summed E-state index contributed by atoms with van der Waals surface area (Å²) in [5, 5.41) is 0. The summed E-state index contributed by atoms with van der Waals surface area (Å²) in [6, 6.07) is 16.6. The van der Waals surface area contributed by atoms with Crippen molar-refractivity contribution < 1.29 is 9.53 Å². The maximum atomic E-state index is 12.6. The molecule has 0 atom stereocenters. The van der Waals surface area contributed by atoms with Crippen LogP contribution in [0.5, 0.6) is 5.75 Å². The van der Waals surface area contributed by atoms with E-state index < -0.39 is 0 Å². The minimum Gasteiger partial charge on any atom is -0.497 e. The molecule has 1 saturated heterocycles. The van der Waals surface area contributed by atoms with Crippen molar-refractivity contribution in [2.45, 2.75) is 13.5 Å². The number of piperazine rings is 1. The standard InChI is InChI=1S/C22H29N3O2/c1-18-5-4-6-20(15-18)24-11-13-25(14-12-24)22(26)17-23(2)16-19-7-9-21(27-3)10-8-19/h4-10,15H,11-14,16-17H2,1-3H3. The van der Waals surface area contributed by atoms with E-state index in [2.05, 4.69) is 41.0 Å². The van der Waals surface area contributed by atoms with Gasteiger partial charge in [-0.25, -0.2) is 0 Å². The Morgan fingerprint density at radius 1 is 1.07 bits per heavy atom. The van der Waals surface area contributed by atoms with Crippen LogP contribution in [0.3, 0.4) is 0 Å². The SMILES string of the molecule is COc1ccc(CN(C)CC(=O)N2CCN(c3cccc(C)c3)CC2)cc1. The molecule has 5 heteroatoms. The summed E-state index contributed by atoms with van der Waals surface area (Å²) in [6.07, 6.45) is 0. The molecule has 0 N–H and O–H groups in total. The summed E-state index contributed by atoms with van der Waals surface area (Å²) in [5.41, 5.74) is 3.69. The number of carbonyl (C=O) groups excluding carboxylic acids is 1. The number of likely N-dealkylation sites (N-methyl/N-ethyl adjacent to an activating group) is 1. The summed E-state index contributed by atoms with van der Waals surface area (Å²) >= 11 is 0. The number of ether oxygens (including phenoxy) is 1. The van der Waals surface area contributed by atoms with Gasteiger partial charge in [-0.15, -0.1) is 0 Å². The molecule has 2 aromatic rings. The van der Waals surface area contributed by atoms with Gasteiger partial charge in [0.25, 0.3) is 0 Å². The first kappa shape index (κ1) is 19.2. The van der Waals surface area contributed by atoms with E-state index in [1.807, 2.05) is 36.2 Å². The summed E-state index contributed by atoms with van der Waals surface area (Å²) in [4.78, 5) is 19.1. The van der Waals surface area contributed by atoms with Crippen LogP contribution < -0.4 is 9.64 Å². The Morgan fingerprint density at radius 2 is 1.78 bits per heavy atom. The predicted octanol–water partition coefficient (Wildman–Crippen LogP) is 2.78. The summed E-state index contributed by atoms with van der Waals surface area (Å²) in [5.74, 6) is 1.05. The van der Waals surface area contributed by atoms with E-state index in [-0.39, 0.29) is 5.91 Å². The number of nitrogens with zero attached hydrogens (tertiary/aromatic N) is 3. The predicted molar refractivity (Wildman–Crippen MR) is 109 cm³/mol. The van der Waals surface area contributed by atoms with Crippen LogP contribution in [-0.2, 0) is 11.3 Å². The Labute approximate surface area is 162 Å². The van der Waals surface area contributed by atoms with Crippen molar-refractivity contribution in [1.29, 1.82) is 0 Å². The lowest BCUT2D eigenvalue weighted by Gasteiger charge is -2.37. The molecule has 2 aromatic carbocycles. The van der Waals surface area contributed by atoms with Gasteiger partial charge in [-0.05, 0) is 49.4 Å². The monoisotopic (exact) mass is 367 g/mol. The molecule has 1 aliphatic heterocycles. The maximum absolute atomic E-state index is 12.6. The van der Waals surface area contributed by atoms with Crippen LogP contribution in [0.15, 0.2) is 48.5 Å². The second-order valence-corrected chi connectivity index (χ2v) is 7.23. The van der Waals surface area contributed by atoms with E-state index in [1.165, 1.54) is 16.8 Å². The Morgan fingerprint density at radius 3 is 2.41 bits per heavy atom. The van der Waals surface area contributed by atoms with Gasteiger partial charge in [0.2, 0.25) is 5.91 Å². The Balaban J connectivity index is 1.47. The molecule has 1 heterocycles. The highest BCUT2D eigenvalue weighted by Gasteiger charge is 2.22. The van der Waals surface area contributed by atoms with Crippen molar-refractivity contribution in [3.8, 4) is 5.75 Å². The second-order valence-electron chi connectivity index (χ2n) is 7.23. The van der Waals surface area contributed by atoms with Gasteiger partial charge in [-0.1, -0.05) is 24.3 Å². The number of hydrogen-bond donors (Lipinski definition) is 0. The van der Waals surface area contributed by atoms with Gasteiger partial charge in [0.1, 0.15) is 5.75 Å². The fourth-order valence-electron chi connectivity index (χ4n) is 3.47. The number of anilines is 1. The summed E-state index contributed by atoms with van der Waals surface area (Å²) in [6.45, 7) is 6.64. The van der Waals surface area contributed by atoms with Gasteiger partial charge < -0.3 is 14.5 Å². The minimum atomic E-state index is 0.204. The van der Waals surface area contributed by atoms with Crippen LogP contribution in [-0.4, -0.2) is 62.6 Å². The third-order valence-corrected chi connectivity index (χ3v) is 5.02. The van der Waals surface area contributed by atoms with Crippen molar-refractivity contribution in [2.24, 2.45) is 0 Å².